The van der Waals surface area contributed by atoms with E-state index in [-0.39, 0.29) is 5.97 Å². The van der Waals surface area contributed by atoms with Crippen LogP contribution in [0.3, 0.4) is 0 Å². The van der Waals surface area contributed by atoms with Crippen LogP contribution >= 0.6 is 0 Å². The Morgan fingerprint density at radius 2 is 2.12 bits per heavy atom. The first-order valence-electron chi connectivity index (χ1n) is 5.74. The second-order valence-electron chi connectivity index (χ2n) is 4.03. The molecule has 0 amide bonds. The number of nitrogens with zero attached hydrogens (tertiary/aromatic N) is 2. The van der Waals surface area contributed by atoms with Crippen molar-refractivity contribution in [1.82, 2.24) is 10.3 Å². The number of aromatic nitrogens is 1. The van der Waals surface area contributed by atoms with E-state index < -0.39 is 0 Å². The molecule has 0 saturated carbocycles. The molecule has 1 aromatic heterocycles. The fourth-order valence-electron chi connectivity index (χ4n) is 1.94. The molecule has 0 spiro atoms. The van der Waals surface area contributed by atoms with Gasteiger partial charge in [0.05, 0.1) is 18.4 Å². The molecule has 2 rings (SSSR count). The number of hydrogen-bond acceptors (Lipinski definition) is 5. The van der Waals surface area contributed by atoms with Gasteiger partial charge < -0.3 is 15.0 Å². The van der Waals surface area contributed by atoms with Crippen molar-refractivity contribution in [3.8, 4) is 0 Å². The Bertz CT molecular complexity index is 414. The summed E-state index contributed by atoms with van der Waals surface area (Å²) >= 11 is 0. The van der Waals surface area contributed by atoms with Gasteiger partial charge in [-0.3, -0.25) is 0 Å². The molecule has 0 unspecified atom stereocenters. The van der Waals surface area contributed by atoms with Crippen LogP contribution in [0.2, 0.25) is 0 Å². The molecule has 5 heteroatoms. The maximum Gasteiger partial charge on any atom is 0.339 e. The molecule has 1 aliphatic rings. The lowest BCUT2D eigenvalue weighted by Gasteiger charge is -2.28. The average molecular weight is 235 g/mol. The Hall–Kier alpha value is -1.62. The molecule has 0 aliphatic carbocycles. The number of esters is 1. The first kappa shape index (κ1) is 11.9. The molecule has 5 nitrogen and oxygen atoms in total. The quantitative estimate of drug-likeness (QED) is 0.760. The number of rotatable bonds is 2. The van der Waals surface area contributed by atoms with E-state index in [1.165, 1.54) is 7.11 Å². The highest BCUT2D eigenvalue weighted by Crippen LogP contribution is 2.15. The van der Waals surface area contributed by atoms with Crippen molar-refractivity contribution in [1.29, 1.82) is 0 Å². The first-order valence-corrected chi connectivity index (χ1v) is 5.74. The number of piperazine rings is 1. The van der Waals surface area contributed by atoms with Gasteiger partial charge in [-0.05, 0) is 19.1 Å². The third-order valence-corrected chi connectivity index (χ3v) is 2.92. The van der Waals surface area contributed by atoms with Gasteiger partial charge in [-0.25, -0.2) is 9.78 Å². The van der Waals surface area contributed by atoms with E-state index in [1.807, 2.05) is 13.0 Å². The molecule has 0 radical (unpaired) electrons. The van der Waals surface area contributed by atoms with E-state index in [1.54, 1.807) is 6.07 Å². The summed E-state index contributed by atoms with van der Waals surface area (Å²) in [5, 5.41) is 3.29. The standard InChI is InChI=1S/C12H17N3O2/c1-9-10(12(16)17-2)3-4-11(14-9)15-7-5-13-6-8-15/h3-4,13H,5-8H2,1-2H3. The van der Waals surface area contributed by atoms with Gasteiger partial charge in [-0.1, -0.05) is 0 Å². The fraction of sp³-hybridized carbons (Fsp3) is 0.500. The van der Waals surface area contributed by atoms with Gasteiger partial charge in [0.25, 0.3) is 0 Å². The highest BCUT2D eigenvalue weighted by Gasteiger charge is 2.15. The van der Waals surface area contributed by atoms with Crippen molar-refractivity contribution in [2.24, 2.45) is 0 Å². The summed E-state index contributed by atoms with van der Waals surface area (Å²) < 4.78 is 4.70. The lowest BCUT2D eigenvalue weighted by molar-refractivity contribution is 0.0599. The van der Waals surface area contributed by atoms with Gasteiger partial charge in [0.15, 0.2) is 0 Å². The van der Waals surface area contributed by atoms with E-state index in [4.69, 9.17) is 4.74 Å². The van der Waals surface area contributed by atoms with Crippen molar-refractivity contribution in [2.45, 2.75) is 6.92 Å². The number of ether oxygens (including phenoxy) is 1. The number of anilines is 1. The van der Waals surface area contributed by atoms with Gasteiger partial charge in [-0.15, -0.1) is 0 Å². The molecule has 2 heterocycles. The van der Waals surface area contributed by atoms with Crippen LogP contribution in [0, 0.1) is 6.92 Å². The third kappa shape index (κ3) is 2.55. The zero-order valence-electron chi connectivity index (χ0n) is 10.2. The fourth-order valence-corrected chi connectivity index (χ4v) is 1.94. The monoisotopic (exact) mass is 235 g/mol. The predicted molar refractivity (Wildman–Crippen MR) is 65.4 cm³/mol. The van der Waals surface area contributed by atoms with Crippen LogP contribution in [-0.2, 0) is 4.74 Å². The Balaban J connectivity index is 2.20. The van der Waals surface area contributed by atoms with Crippen LogP contribution in [-0.4, -0.2) is 44.2 Å². The summed E-state index contributed by atoms with van der Waals surface area (Å²) in [5.74, 6) is 0.596. The van der Waals surface area contributed by atoms with Gasteiger partial charge in [0, 0.05) is 26.2 Å². The number of aryl methyl sites for hydroxylation is 1. The molecule has 0 aromatic carbocycles. The summed E-state index contributed by atoms with van der Waals surface area (Å²) in [4.78, 5) is 18.1. The van der Waals surface area contributed by atoms with Crippen molar-refractivity contribution in [3.05, 3.63) is 23.4 Å². The Labute approximate surface area is 101 Å². The van der Waals surface area contributed by atoms with E-state index >= 15 is 0 Å². The van der Waals surface area contributed by atoms with Crippen LogP contribution in [0.15, 0.2) is 12.1 Å². The maximum atomic E-state index is 11.4. The summed E-state index contributed by atoms with van der Waals surface area (Å²) in [6.07, 6.45) is 0. The van der Waals surface area contributed by atoms with Crippen LogP contribution < -0.4 is 10.2 Å². The summed E-state index contributed by atoms with van der Waals surface area (Å²) in [6.45, 7) is 5.67. The van der Waals surface area contributed by atoms with Crippen molar-refractivity contribution >= 4 is 11.8 Å². The summed E-state index contributed by atoms with van der Waals surface area (Å²) in [5.41, 5.74) is 1.25. The largest absolute Gasteiger partial charge is 0.465 e. The lowest BCUT2D eigenvalue weighted by atomic mass is 10.2. The zero-order chi connectivity index (χ0) is 12.3. The van der Waals surface area contributed by atoms with E-state index in [0.717, 1.165) is 32.0 Å². The molecule has 92 valence electrons. The van der Waals surface area contributed by atoms with Crippen LogP contribution in [0.5, 0.6) is 0 Å². The second-order valence-corrected chi connectivity index (χ2v) is 4.03. The highest BCUT2D eigenvalue weighted by atomic mass is 16.5. The lowest BCUT2D eigenvalue weighted by Crippen LogP contribution is -2.44. The van der Waals surface area contributed by atoms with Gasteiger partial charge in [0.2, 0.25) is 0 Å². The highest BCUT2D eigenvalue weighted by molar-refractivity contribution is 5.90. The smallest absolute Gasteiger partial charge is 0.339 e. The molecule has 1 aromatic rings. The van der Waals surface area contributed by atoms with Crippen LogP contribution in [0.1, 0.15) is 16.1 Å². The number of hydrogen-bond donors (Lipinski definition) is 1. The summed E-state index contributed by atoms with van der Waals surface area (Å²) in [7, 11) is 1.38. The minimum Gasteiger partial charge on any atom is -0.465 e. The molecule has 1 N–H and O–H groups in total. The third-order valence-electron chi connectivity index (χ3n) is 2.92. The molecule has 0 bridgehead atoms. The molecule has 1 aliphatic heterocycles. The van der Waals surface area contributed by atoms with E-state index in [2.05, 4.69) is 15.2 Å². The number of pyridine rings is 1. The van der Waals surface area contributed by atoms with E-state index in [0.29, 0.717) is 11.3 Å². The predicted octanol–water partition coefficient (Wildman–Crippen LogP) is 0.586. The number of methoxy groups -OCH3 is 1. The van der Waals surface area contributed by atoms with Crippen LogP contribution in [0.25, 0.3) is 0 Å². The second kappa shape index (κ2) is 5.14. The topological polar surface area (TPSA) is 54.5 Å². The minimum absolute atomic E-state index is 0.332. The molecule has 1 saturated heterocycles. The molecule has 0 atom stereocenters. The normalized spacial score (nSPS) is 15.8. The minimum atomic E-state index is -0.332. The van der Waals surface area contributed by atoms with Crippen LogP contribution in [0.4, 0.5) is 5.82 Å². The SMILES string of the molecule is COC(=O)c1ccc(N2CCNCC2)nc1C. The number of carbonyl (C=O) groups is 1. The van der Waals surface area contributed by atoms with Crippen molar-refractivity contribution in [2.75, 3.05) is 38.2 Å². The number of carbonyl (C=O) groups excluding carboxylic acids is 1. The molecular formula is C12H17N3O2. The Kier molecular flexibility index (Phi) is 3.58. The van der Waals surface area contributed by atoms with Gasteiger partial charge >= 0.3 is 5.97 Å². The Morgan fingerprint density at radius 1 is 1.41 bits per heavy atom. The van der Waals surface area contributed by atoms with E-state index in [9.17, 15) is 4.79 Å². The average Bonchev–Trinajstić information content (AvgIpc) is 2.39. The molecule has 17 heavy (non-hydrogen) atoms. The van der Waals surface area contributed by atoms with Crippen molar-refractivity contribution < 1.29 is 9.53 Å². The first-order chi connectivity index (χ1) is 8.22. The van der Waals surface area contributed by atoms with Gasteiger partial charge in [-0.2, -0.15) is 0 Å². The Morgan fingerprint density at radius 3 is 2.71 bits per heavy atom. The van der Waals surface area contributed by atoms with Crippen molar-refractivity contribution in [3.63, 3.8) is 0 Å². The maximum absolute atomic E-state index is 11.4. The summed E-state index contributed by atoms with van der Waals surface area (Å²) in [6, 6.07) is 3.66. The molecular weight excluding hydrogens is 218 g/mol. The number of nitrogens with one attached hydrogen (secondary N) is 1. The zero-order valence-corrected chi connectivity index (χ0v) is 10.2. The van der Waals surface area contributed by atoms with Gasteiger partial charge in [0.1, 0.15) is 5.82 Å². The molecule has 1 fully saturated rings.